The molecule has 0 aromatic heterocycles. The van der Waals surface area contributed by atoms with Gasteiger partial charge in [0.25, 0.3) is 0 Å². The molecule has 1 N–H and O–H groups in total. The lowest BCUT2D eigenvalue weighted by atomic mass is 9.95. The van der Waals surface area contributed by atoms with Gasteiger partial charge in [-0.05, 0) is 62.4 Å². The molecule has 1 amide bonds. The maximum atomic E-state index is 13.8. The van der Waals surface area contributed by atoms with Gasteiger partial charge in [-0.15, -0.1) is 0 Å². The Kier molecular flexibility index (Phi) is 6.95. The molecule has 7 nitrogen and oxygen atoms in total. The van der Waals surface area contributed by atoms with E-state index in [2.05, 4.69) is 5.32 Å². The minimum Gasteiger partial charge on any atom is -0.454 e. The minimum absolute atomic E-state index is 0.167. The van der Waals surface area contributed by atoms with Gasteiger partial charge in [-0.2, -0.15) is 4.31 Å². The van der Waals surface area contributed by atoms with Crippen molar-refractivity contribution in [3.63, 3.8) is 0 Å². The zero-order valence-corrected chi connectivity index (χ0v) is 20.3. The quantitative estimate of drug-likeness (QED) is 0.659. The second-order valence-electron chi connectivity index (χ2n) is 9.03. The largest absolute Gasteiger partial charge is 0.454 e. The molecule has 1 aliphatic heterocycles. The van der Waals surface area contributed by atoms with Gasteiger partial charge in [-0.3, -0.25) is 4.79 Å². The number of hydrogen-bond acceptors (Lipinski definition) is 5. The monoisotopic (exact) mass is 472 g/mol. The van der Waals surface area contributed by atoms with Gasteiger partial charge in [0.1, 0.15) is 0 Å². The molecule has 0 saturated heterocycles. The van der Waals surface area contributed by atoms with Crippen LogP contribution in [-0.2, 0) is 21.4 Å². The highest BCUT2D eigenvalue weighted by atomic mass is 32.2. The summed E-state index contributed by atoms with van der Waals surface area (Å²) in [6, 6.07) is 9.11. The summed E-state index contributed by atoms with van der Waals surface area (Å²) >= 11 is 0. The highest BCUT2D eigenvalue weighted by molar-refractivity contribution is 7.89. The molecule has 1 aliphatic carbocycles. The average Bonchev–Trinajstić information content (AvgIpc) is 3.23. The van der Waals surface area contributed by atoms with Gasteiger partial charge >= 0.3 is 0 Å². The Morgan fingerprint density at radius 3 is 2.36 bits per heavy atom. The van der Waals surface area contributed by atoms with Gasteiger partial charge < -0.3 is 14.8 Å². The van der Waals surface area contributed by atoms with Crippen molar-refractivity contribution >= 4 is 15.9 Å². The van der Waals surface area contributed by atoms with Gasteiger partial charge in [0.05, 0.1) is 11.4 Å². The molecule has 8 heteroatoms. The van der Waals surface area contributed by atoms with E-state index in [0.29, 0.717) is 27.5 Å². The molecular weight excluding hydrogens is 440 g/mol. The first kappa shape index (κ1) is 23.6. The molecule has 0 unspecified atom stereocenters. The highest BCUT2D eigenvalue weighted by Gasteiger charge is 2.35. The zero-order valence-electron chi connectivity index (χ0n) is 19.5. The summed E-state index contributed by atoms with van der Waals surface area (Å²) in [6.07, 6.45) is 4.60. The van der Waals surface area contributed by atoms with Crippen LogP contribution in [0.5, 0.6) is 11.5 Å². The first-order valence-corrected chi connectivity index (χ1v) is 12.9. The van der Waals surface area contributed by atoms with Crippen molar-refractivity contribution in [3.8, 4) is 11.5 Å². The van der Waals surface area contributed by atoms with E-state index in [1.165, 1.54) is 4.31 Å². The van der Waals surface area contributed by atoms with E-state index in [1.807, 2.05) is 51.1 Å². The molecule has 33 heavy (non-hydrogen) atoms. The maximum Gasteiger partial charge on any atom is 0.244 e. The van der Waals surface area contributed by atoms with Crippen LogP contribution in [0.25, 0.3) is 0 Å². The second kappa shape index (κ2) is 9.73. The molecule has 2 aromatic carbocycles. The van der Waals surface area contributed by atoms with E-state index in [4.69, 9.17) is 9.47 Å². The van der Waals surface area contributed by atoms with Crippen molar-refractivity contribution in [1.82, 2.24) is 9.62 Å². The Hall–Kier alpha value is -2.58. The molecule has 1 heterocycles. The van der Waals surface area contributed by atoms with Gasteiger partial charge in [0, 0.05) is 12.6 Å². The summed E-state index contributed by atoms with van der Waals surface area (Å²) in [7, 11) is -3.83. The summed E-state index contributed by atoms with van der Waals surface area (Å²) in [4.78, 5) is 13.3. The molecular formula is C25H32N2O5S. The van der Waals surface area contributed by atoms with Gasteiger partial charge in [0.15, 0.2) is 11.5 Å². The predicted molar refractivity (Wildman–Crippen MR) is 126 cm³/mol. The summed E-state index contributed by atoms with van der Waals surface area (Å²) in [5.41, 5.74) is 3.32. The van der Waals surface area contributed by atoms with Crippen LogP contribution in [0, 0.1) is 20.8 Å². The van der Waals surface area contributed by atoms with E-state index in [-0.39, 0.29) is 31.8 Å². The topological polar surface area (TPSA) is 84.9 Å². The third kappa shape index (κ3) is 5.17. The normalized spacial score (nSPS) is 16.2. The van der Waals surface area contributed by atoms with Crippen molar-refractivity contribution in [2.75, 3.05) is 13.3 Å². The number of ether oxygens (including phenoxy) is 2. The van der Waals surface area contributed by atoms with Crippen molar-refractivity contribution in [2.45, 2.75) is 70.4 Å². The summed E-state index contributed by atoms with van der Waals surface area (Å²) < 4.78 is 39.8. The molecule has 1 saturated carbocycles. The number of sulfonamides is 1. The smallest absolute Gasteiger partial charge is 0.244 e. The molecule has 0 radical (unpaired) electrons. The average molecular weight is 473 g/mol. The lowest BCUT2D eigenvalue weighted by molar-refractivity contribution is -0.121. The van der Waals surface area contributed by atoms with Crippen molar-refractivity contribution < 1.29 is 22.7 Å². The maximum absolute atomic E-state index is 13.8. The number of rotatable bonds is 7. The van der Waals surface area contributed by atoms with E-state index in [1.54, 1.807) is 0 Å². The first-order chi connectivity index (χ1) is 15.8. The summed E-state index contributed by atoms with van der Waals surface area (Å²) in [5, 5.41) is 2.88. The summed E-state index contributed by atoms with van der Waals surface area (Å²) in [5.74, 6) is 1.02. The lowest BCUT2D eigenvalue weighted by Crippen LogP contribution is -2.47. The van der Waals surface area contributed by atoms with Crippen LogP contribution in [0.1, 0.15) is 54.4 Å². The molecule has 178 valence electrons. The molecule has 0 atom stereocenters. The fourth-order valence-corrected chi connectivity index (χ4v) is 6.98. The van der Waals surface area contributed by atoms with Crippen molar-refractivity contribution in [2.24, 2.45) is 0 Å². The number of fused-ring (bicyclic) bond motifs is 1. The fourth-order valence-electron chi connectivity index (χ4n) is 4.92. The fraction of sp³-hybridized carbons (Fsp3) is 0.480. The third-order valence-electron chi connectivity index (χ3n) is 6.38. The van der Waals surface area contributed by atoms with Crippen molar-refractivity contribution in [1.29, 1.82) is 0 Å². The lowest BCUT2D eigenvalue weighted by Gasteiger charge is -2.33. The molecule has 2 aliphatic rings. The Labute approximate surface area is 196 Å². The van der Waals surface area contributed by atoms with E-state index in [9.17, 15) is 13.2 Å². The SMILES string of the molecule is Cc1cc(C)c(S(=O)(=O)N(CC(=O)NCc2ccc3c(c2)OCO3)C2CCCCC2)c(C)c1. The zero-order chi connectivity index (χ0) is 23.6. The van der Waals surface area contributed by atoms with Gasteiger partial charge in [-0.25, -0.2) is 8.42 Å². The van der Waals surface area contributed by atoms with Crippen LogP contribution in [0.3, 0.4) is 0 Å². The van der Waals surface area contributed by atoms with Crippen LogP contribution in [0.2, 0.25) is 0 Å². The number of amides is 1. The number of aryl methyl sites for hydroxylation is 3. The van der Waals surface area contributed by atoms with E-state index >= 15 is 0 Å². The number of hydrogen-bond donors (Lipinski definition) is 1. The molecule has 1 fully saturated rings. The standard InChI is InChI=1S/C25H32N2O5S/c1-17-11-18(2)25(19(3)12-17)33(29,30)27(21-7-5-4-6-8-21)15-24(28)26-14-20-9-10-22-23(13-20)32-16-31-22/h9-13,21H,4-8,14-16H2,1-3H3,(H,26,28). The first-order valence-electron chi connectivity index (χ1n) is 11.5. The Morgan fingerprint density at radius 2 is 1.67 bits per heavy atom. The van der Waals surface area contributed by atoms with E-state index < -0.39 is 10.0 Å². The second-order valence-corrected chi connectivity index (χ2v) is 10.9. The van der Waals surface area contributed by atoms with Gasteiger partial charge in [-0.1, -0.05) is 43.0 Å². The number of nitrogens with one attached hydrogen (secondary N) is 1. The molecule has 2 aromatic rings. The molecule has 0 spiro atoms. The van der Waals surface area contributed by atoms with Gasteiger partial charge in [0.2, 0.25) is 22.7 Å². The third-order valence-corrected chi connectivity index (χ3v) is 8.58. The summed E-state index contributed by atoms with van der Waals surface area (Å²) in [6.45, 7) is 5.90. The number of carbonyl (C=O) groups excluding carboxylic acids is 1. The van der Waals surface area contributed by atoms with Crippen molar-refractivity contribution in [3.05, 3.63) is 52.6 Å². The predicted octanol–water partition coefficient (Wildman–Crippen LogP) is 3.98. The number of benzene rings is 2. The molecule has 0 bridgehead atoms. The Balaban J connectivity index is 1.54. The van der Waals surface area contributed by atoms with Crippen LogP contribution in [-0.4, -0.2) is 38.0 Å². The van der Waals surface area contributed by atoms with Crippen LogP contribution in [0.15, 0.2) is 35.2 Å². The van der Waals surface area contributed by atoms with Crippen LogP contribution >= 0.6 is 0 Å². The van der Waals surface area contributed by atoms with E-state index in [0.717, 1.165) is 43.2 Å². The number of nitrogens with zero attached hydrogens (tertiary/aromatic N) is 1. The highest BCUT2D eigenvalue weighted by Crippen LogP contribution is 2.33. The molecule has 4 rings (SSSR count). The number of carbonyl (C=O) groups is 1. The Morgan fingerprint density at radius 1 is 1.00 bits per heavy atom. The van der Waals surface area contributed by atoms with Crippen LogP contribution in [0.4, 0.5) is 0 Å². The van der Waals surface area contributed by atoms with Crippen LogP contribution < -0.4 is 14.8 Å². The minimum atomic E-state index is -3.83. The Bertz CT molecular complexity index is 1120.